The molecule has 1 amide bonds. The Morgan fingerprint density at radius 1 is 1.21 bits per heavy atom. The molecule has 1 aliphatic heterocycles. The third kappa shape index (κ3) is 4.27. The van der Waals surface area contributed by atoms with E-state index < -0.39 is 6.17 Å². The number of alkyl halides is 1. The highest BCUT2D eigenvalue weighted by Crippen LogP contribution is 2.26. The van der Waals surface area contributed by atoms with Gasteiger partial charge in [-0.1, -0.05) is 0 Å². The Morgan fingerprint density at radius 2 is 1.95 bits per heavy atom. The minimum absolute atomic E-state index is 0.115. The molecule has 0 radical (unpaired) electrons. The summed E-state index contributed by atoms with van der Waals surface area (Å²) in [5, 5.41) is 7.52. The van der Waals surface area contributed by atoms with Crippen molar-refractivity contribution in [2.75, 3.05) is 13.1 Å². The standard InChI is InChI=1S/C14H24FN3O/c1-10(11-5-7-16-8-6-11)17-18-14(19)12-3-2-4-13(15)9-12/h11-13,16H,2-9H2,1H3,(H,18,19)/b17-10+. The fraction of sp³-hybridized carbons (Fsp3) is 0.857. The summed E-state index contributed by atoms with van der Waals surface area (Å²) < 4.78 is 13.3. The van der Waals surface area contributed by atoms with Crippen LogP contribution in [0.15, 0.2) is 5.10 Å². The Labute approximate surface area is 114 Å². The van der Waals surface area contributed by atoms with Crippen molar-refractivity contribution in [1.29, 1.82) is 0 Å². The first kappa shape index (κ1) is 14.4. The molecule has 0 aromatic rings. The summed E-state index contributed by atoms with van der Waals surface area (Å²) in [6.45, 7) is 3.99. The molecule has 4 nitrogen and oxygen atoms in total. The summed E-state index contributed by atoms with van der Waals surface area (Å²) >= 11 is 0. The Kier molecular flexibility index (Phi) is 5.31. The molecule has 2 rings (SSSR count). The zero-order chi connectivity index (χ0) is 13.7. The number of hydrogen-bond acceptors (Lipinski definition) is 3. The molecule has 2 fully saturated rings. The number of piperidine rings is 1. The Bertz CT molecular complexity index is 340. The molecule has 2 unspecified atom stereocenters. The molecule has 108 valence electrons. The van der Waals surface area contributed by atoms with Crippen molar-refractivity contribution < 1.29 is 9.18 Å². The van der Waals surface area contributed by atoms with Gasteiger partial charge in [0.2, 0.25) is 5.91 Å². The predicted octanol–water partition coefficient (Wildman–Crippen LogP) is 2.01. The van der Waals surface area contributed by atoms with Crippen LogP contribution in [0.2, 0.25) is 0 Å². The molecule has 0 aromatic carbocycles. The van der Waals surface area contributed by atoms with Crippen LogP contribution in [0, 0.1) is 11.8 Å². The minimum Gasteiger partial charge on any atom is -0.317 e. The van der Waals surface area contributed by atoms with Gasteiger partial charge < -0.3 is 5.32 Å². The minimum atomic E-state index is -0.820. The van der Waals surface area contributed by atoms with E-state index in [0.29, 0.717) is 18.8 Å². The maximum Gasteiger partial charge on any atom is 0.243 e. The van der Waals surface area contributed by atoms with E-state index in [1.807, 2.05) is 6.92 Å². The zero-order valence-electron chi connectivity index (χ0n) is 11.6. The van der Waals surface area contributed by atoms with Crippen molar-refractivity contribution >= 4 is 11.6 Å². The number of hydrazone groups is 1. The highest BCUT2D eigenvalue weighted by molar-refractivity contribution is 5.86. The predicted molar refractivity (Wildman–Crippen MR) is 73.7 cm³/mol. The smallest absolute Gasteiger partial charge is 0.243 e. The molecular formula is C14H24FN3O. The van der Waals surface area contributed by atoms with E-state index in [0.717, 1.165) is 44.5 Å². The van der Waals surface area contributed by atoms with Crippen LogP contribution in [0.25, 0.3) is 0 Å². The Morgan fingerprint density at radius 3 is 2.63 bits per heavy atom. The van der Waals surface area contributed by atoms with Crippen LogP contribution in [0.1, 0.15) is 45.4 Å². The first-order valence-corrected chi connectivity index (χ1v) is 7.35. The summed E-state index contributed by atoms with van der Waals surface area (Å²) in [4.78, 5) is 11.9. The Hall–Kier alpha value is -0.970. The number of carbonyl (C=O) groups excluding carboxylic acids is 1. The first-order chi connectivity index (χ1) is 9.16. The van der Waals surface area contributed by atoms with Crippen LogP contribution >= 0.6 is 0 Å². The average Bonchev–Trinajstić information content (AvgIpc) is 2.45. The van der Waals surface area contributed by atoms with Gasteiger partial charge in [0.1, 0.15) is 6.17 Å². The van der Waals surface area contributed by atoms with E-state index in [1.54, 1.807) is 0 Å². The summed E-state index contributed by atoms with van der Waals surface area (Å²) in [7, 11) is 0. The summed E-state index contributed by atoms with van der Waals surface area (Å²) in [5.74, 6) is 0.144. The second-order valence-corrected chi connectivity index (χ2v) is 5.71. The van der Waals surface area contributed by atoms with Crippen LogP contribution in [-0.4, -0.2) is 30.9 Å². The summed E-state index contributed by atoms with van der Waals surface area (Å²) in [6, 6.07) is 0. The second kappa shape index (κ2) is 6.98. The van der Waals surface area contributed by atoms with E-state index in [1.165, 1.54) is 0 Å². The lowest BCUT2D eigenvalue weighted by Crippen LogP contribution is -2.34. The molecule has 5 heteroatoms. The molecular weight excluding hydrogens is 245 g/mol. The first-order valence-electron chi connectivity index (χ1n) is 7.35. The van der Waals surface area contributed by atoms with E-state index >= 15 is 0 Å². The average molecular weight is 269 g/mol. The number of halogens is 1. The van der Waals surface area contributed by atoms with Gasteiger partial charge in [0.05, 0.1) is 0 Å². The highest BCUT2D eigenvalue weighted by Gasteiger charge is 2.27. The zero-order valence-corrected chi connectivity index (χ0v) is 11.6. The molecule has 0 spiro atoms. The van der Waals surface area contributed by atoms with Crippen LogP contribution in [-0.2, 0) is 4.79 Å². The van der Waals surface area contributed by atoms with Crippen molar-refractivity contribution in [2.24, 2.45) is 16.9 Å². The molecule has 1 heterocycles. The maximum atomic E-state index is 13.3. The van der Waals surface area contributed by atoms with Gasteiger partial charge in [-0.15, -0.1) is 0 Å². The number of amides is 1. The van der Waals surface area contributed by atoms with E-state index in [-0.39, 0.29) is 11.8 Å². The van der Waals surface area contributed by atoms with E-state index in [2.05, 4.69) is 15.8 Å². The maximum absolute atomic E-state index is 13.3. The number of carbonyl (C=O) groups is 1. The fourth-order valence-corrected chi connectivity index (χ4v) is 2.93. The molecule has 1 aliphatic carbocycles. The normalized spacial score (nSPS) is 30.1. The lowest BCUT2D eigenvalue weighted by molar-refractivity contribution is -0.126. The quantitative estimate of drug-likeness (QED) is 0.608. The van der Waals surface area contributed by atoms with Crippen molar-refractivity contribution in [1.82, 2.24) is 10.7 Å². The van der Waals surface area contributed by atoms with Gasteiger partial charge in [-0.25, -0.2) is 9.82 Å². The molecule has 1 saturated heterocycles. The van der Waals surface area contributed by atoms with E-state index in [4.69, 9.17) is 0 Å². The summed E-state index contributed by atoms with van der Waals surface area (Å²) in [6.07, 6.45) is 3.86. The third-order valence-corrected chi connectivity index (χ3v) is 4.25. The van der Waals surface area contributed by atoms with Gasteiger partial charge in [-0.2, -0.15) is 5.10 Å². The molecule has 2 N–H and O–H groups in total. The van der Waals surface area contributed by atoms with Gasteiger partial charge in [-0.05, 0) is 58.5 Å². The SMILES string of the molecule is C/C(=N\NC(=O)C1CCCC(F)C1)C1CCNCC1. The highest BCUT2D eigenvalue weighted by atomic mass is 19.1. The largest absolute Gasteiger partial charge is 0.317 e. The van der Waals surface area contributed by atoms with Crippen molar-refractivity contribution in [3.63, 3.8) is 0 Å². The fourth-order valence-electron chi connectivity index (χ4n) is 2.93. The topological polar surface area (TPSA) is 53.5 Å². The molecule has 0 aromatic heterocycles. The van der Waals surface area contributed by atoms with Crippen molar-refractivity contribution in [3.05, 3.63) is 0 Å². The van der Waals surface area contributed by atoms with Gasteiger partial charge in [0.25, 0.3) is 0 Å². The Balaban J connectivity index is 1.81. The van der Waals surface area contributed by atoms with Crippen LogP contribution < -0.4 is 10.7 Å². The number of hydrogen-bond donors (Lipinski definition) is 2. The van der Waals surface area contributed by atoms with E-state index in [9.17, 15) is 9.18 Å². The van der Waals surface area contributed by atoms with Crippen molar-refractivity contribution in [3.8, 4) is 0 Å². The molecule has 2 aliphatic rings. The van der Waals surface area contributed by atoms with Crippen molar-refractivity contribution in [2.45, 2.75) is 51.6 Å². The van der Waals surface area contributed by atoms with Gasteiger partial charge in [0.15, 0.2) is 0 Å². The third-order valence-electron chi connectivity index (χ3n) is 4.25. The number of nitrogens with one attached hydrogen (secondary N) is 2. The summed E-state index contributed by atoms with van der Waals surface area (Å²) in [5.41, 5.74) is 3.62. The van der Waals surface area contributed by atoms with Crippen LogP contribution in [0.3, 0.4) is 0 Å². The lowest BCUT2D eigenvalue weighted by Gasteiger charge is -2.24. The van der Waals surface area contributed by atoms with Crippen LogP contribution in [0.5, 0.6) is 0 Å². The van der Waals surface area contributed by atoms with Gasteiger partial charge in [0, 0.05) is 17.5 Å². The second-order valence-electron chi connectivity index (χ2n) is 5.71. The van der Waals surface area contributed by atoms with Gasteiger partial charge in [-0.3, -0.25) is 4.79 Å². The molecule has 0 bridgehead atoms. The molecule has 2 atom stereocenters. The monoisotopic (exact) mass is 269 g/mol. The number of rotatable bonds is 3. The lowest BCUT2D eigenvalue weighted by atomic mass is 9.87. The molecule has 1 saturated carbocycles. The number of nitrogens with zero attached hydrogens (tertiary/aromatic N) is 1. The van der Waals surface area contributed by atoms with Gasteiger partial charge >= 0.3 is 0 Å². The van der Waals surface area contributed by atoms with Crippen LogP contribution in [0.4, 0.5) is 4.39 Å². The molecule has 19 heavy (non-hydrogen) atoms.